The number of hydrogen-bond donors (Lipinski definition) is 1. The normalized spacial score (nSPS) is 14.5. The second-order valence-electron chi connectivity index (χ2n) is 4.31. The first-order valence-corrected chi connectivity index (χ1v) is 7.16. The molecule has 2 unspecified atom stereocenters. The molecular weight excluding hydrogens is 297 g/mol. The zero-order valence-corrected chi connectivity index (χ0v) is 12.8. The molecule has 0 fully saturated rings. The van der Waals surface area contributed by atoms with Crippen LogP contribution in [-0.4, -0.2) is 25.3 Å². The summed E-state index contributed by atoms with van der Waals surface area (Å²) in [5.74, 6) is -0.210. The highest BCUT2D eigenvalue weighted by Crippen LogP contribution is 2.17. The van der Waals surface area contributed by atoms with E-state index in [9.17, 15) is 4.39 Å². The standard InChI is InChI=1S/C14H21BrFNO/c1-4-17-14(10(3)18-5-2)8-11-6-12(15)9-13(16)7-11/h6-7,9-10,14,17H,4-5,8H2,1-3H3. The van der Waals surface area contributed by atoms with Crippen LogP contribution in [0.3, 0.4) is 0 Å². The lowest BCUT2D eigenvalue weighted by molar-refractivity contribution is 0.0480. The summed E-state index contributed by atoms with van der Waals surface area (Å²) in [6, 6.07) is 5.20. The number of likely N-dealkylation sites (N-methyl/N-ethyl adjacent to an activating group) is 1. The molecule has 0 bridgehead atoms. The fraction of sp³-hybridized carbons (Fsp3) is 0.571. The zero-order valence-electron chi connectivity index (χ0n) is 11.2. The minimum Gasteiger partial charge on any atom is -0.377 e. The average molecular weight is 318 g/mol. The minimum absolute atomic E-state index is 0.108. The van der Waals surface area contributed by atoms with Gasteiger partial charge < -0.3 is 10.1 Å². The number of nitrogens with one attached hydrogen (secondary N) is 1. The maximum absolute atomic E-state index is 13.3. The summed E-state index contributed by atoms with van der Waals surface area (Å²) in [6.45, 7) is 7.66. The van der Waals surface area contributed by atoms with Gasteiger partial charge in [-0.1, -0.05) is 22.9 Å². The number of ether oxygens (including phenoxy) is 1. The lowest BCUT2D eigenvalue weighted by atomic mass is 10.0. The van der Waals surface area contributed by atoms with Crippen LogP contribution in [0, 0.1) is 5.82 Å². The summed E-state index contributed by atoms with van der Waals surface area (Å²) in [6.07, 6.45) is 0.864. The molecule has 102 valence electrons. The van der Waals surface area contributed by atoms with Crippen molar-refractivity contribution in [3.05, 3.63) is 34.1 Å². The van der Waals surface area contributed by atoms with Gasteiger partial charge in [0.2, 0.25) is 0 Å². The van der Waals surface area contributed by atoms with Gasteiger partial charge in [0.05, 0.1) is 6.10 Å². The molecule has 4 heteroatoms. The minimum atomic E-state index is -0.210. The lowest BCUT2D eigenvalue weighted by Crippen LogP contribution is -2.41. The van der Waals surface area contributed by atoms with Gasteiger partial charge in [-0.25, -0.2) is 4.39 Å². The van der Waals surface area contributed by atoms with E-state index in [1.165, 1.54) is 6.07 Å². The molecule has 0 aromatic heterocycles. The Morgan fingerprint density at radius 3 is 2.61 bits per heavy atom. The van der Waals surface area contributed by atoms with Gasteiger partial charge in [0.25, 0.3) is 0 Å². The van der Waals surface area contributed by atoms with E-state index in [1.54, 1.807) is 6.07 Å². The Balaban J connectivity index is 2.75. The predicted molar refractivity (Wildman–Crippen MR) is 76.4 cm³/mol. The van der Waals surface area contributed by atoms with Gasteiger partial charge in [0.1, 0.15) is 5.82 Å². The fourth-order valence-electron chi connectivity index (χ4n) is 2.03. The van der Waals surface area contributed by atoms with Crippen LogP contribution in [0.15, 0.2) is 22.7 Å². The maximum Gasteiger partial charge on any atom is 0.124 e. The van der Waals surface area contributed by atoms with E-state index >= 15 is 0 Å². The highest BCUT2D eigenvalue weighted by Gasteiger charge is 2.17. The van der Waals surface area contributed by atoms with Crippen molar-refractivity contribution in [2.45, 2.75) is 39.3 Å². The number of rotatable bonds is 7. The lowest BCUT2D eigenvalue weighted by Gasteiger charge is -2.25. The highest BCUT2D eigenvalue weighted by atomic mass is 79.9. The van der Waals surface area contributed by atoms with E-state index in [4.69, 9.17) is 4.74 Å². The molecule has 1 aromatic carbocycles. The Hall–Kier alpha value is -0.450. The van der Waals surface area contributed by atoms with E-state index in [0.717, 1.165) is 23.0 Å². The second kappa shape index (κ2) is 7.87. The van der Waals surface area contributed by atoms with E-state index < -0.39 is 0 Å². The Kier molecular flexibility index (Phi) is 6.82. The number of hydrogen-bond acceptors (Lipinski definition) is 2. The van der Waals surface area contributed by atoms with Crippen LogP contribution in [0.5, 0.6) is 0 Å². The molecule has 0 saturated carbocycles. The number of benzene rings is 1. The molecule has 18 heavy (non-hydrogen) atoms. The van der Waals surface area contributed by atoms with Gasteiger partial charge in [-0.3, -0.25) is 0 Å². The van der Waals surface area contributed by atoms with E-state index in [-0.39, 0.29) is 18.0 Å². The van der Waals surface area contributed by atoms with E-state index in [0.29, 0.717) is 6.61 Å². The molecule has 0 aliphatic rings. The summed E-state index contributed by atoms with van der Waals surface area (Å²) in [4.78, 5) is 0. The summed E-state index contributed by atoms with van der Waals surface area (Å²) in [5, 5.41) is 3.39. The Morgan fingerprint density at radius 2 is 2.06 bits per heavy atom. The van der Waals surface area contributed by atoms with Crippen molar-refractivity contribution >= 4 is 15.9 Å². The van der Waals surface area contributed by atoms with Crippen LogP contribution >= 0.6 is 15.9 Å². The average Bonchev–Trinajstić information content (AvgIpc) is 2.27. The quantitative estimate of drug-likeness (QED) is 0.830. The van der Waals surface area contributed by atoms with E-state index in [2.05, 4.69) is 28.2 Å². The smallest absolute Gasteiger partial charge is 0.124 e. The van der Waals surface area contributed by atoms with Crippen LogP contribution in [-0.2, 0) is 11.2 Å². The molecule has 1 aromatic rings. The van der Waals surface area contributed by atoms with Gasteiger partial charge in [-0.05, 0) is 50.6 Å². The summed E-state index contributed by atoms with van der Waals surface area (Å²) in [5.41, 5.74) is 0.972. The molecular formula is C14H21BrFNO. The summed E-state index contributed by atoms with van der Waals surface area (Å²) in [7, 11) is 0. The Labute approximate surface area is 117 Å². The van der Waals surface area contributed by atoms with Crippen molar-refractivity contribution in [1.29, 1.82) is 0 Å². The van der Waals surface area contributed by atoms with Crippen LogP contribution in [0.25, 0.3) is 0 Å². The maximum atomic E-state index is 13.3. The Morgan fingerprint density at radius 1 is 1.33 bits per heavy atom. The fourth-order valence-corrected chi connectivity index (χ4v) is 2.54. The molecule has 0 saturated heterocycles. The van der Waals surface area contributed by atoms with Crippen molar-refractivity contribution in [1.82, 2.24) is 5.32 Å². The van der Waals surface area contributed by atoms with Crippen LogP contribution < -0.4 is 5.32 Å². The molecule has 0 aliphatic heterocycles. The van der Waals surface area contributed by atoms with Gasteiger partial charge in [-0.15, -0.1) is 0 Å². The molecule has 0 amide bonds. The zero-order chi connectivity index (χ0) is 13.5. The molecule has 0 spiro atoms. The first-order valence-electron chi connectivity index (χ1n) is 6.36. The van der Waals surface area contributed by atoms with Crippen molar-refractivity contribution < 1.29 is 9.13 Å². The van der Waals surface area contributed by atoms with Gasteiger partial charge in [0.15, 0.2) is 0 Å². The highest BCUT2D eigenvalue weighted by molar-refractivity contribution is 9.10. The number of halogens is 2. The molecule has 1 N–H and O–H groups in total. The van der Waals surface area contributed by atoms with Crippen molar-refractivity contribution in [3.8, 4) is 0 Å². The van der Waals surface area contributed by atoms with Gasteiger partial charge >= 0.3 is 0 Å². The van der Waals surface area contributed by atoms with Crippen LogP contribution in [0.4, 0.5) is 4.39 Å². The predicted octanol–water partition coefficient (Wildman–Crippen LogP) is 3.53. The monoisotopic (exact) mass is 317 g/mol. The third-order valence-corrected chi connectivity index (χ3v) is 3.30. The molecule has 1 rings (SSSR count). The molecule has 0 radical (unpaired) electrons. The third-order valence-electron chi connectivity index (χ3n) is 2.84. The van der Waals surface area contributed by atoms with Crippen LogP contribution in [0.1, 0.15) is 26.3 Å². The van der Waals surface area contributed by atoms with Crippen molar-refractivity contribution in [3.63, 3.8) is 0 Å². The van der Waals surface area contributed by atoms with Crippen molar-refractivity contribution in [2.24, 2.45) is 0 Å². The molecule has 2 nitrogen and oxygen atoms in total. The first-order chi connectivity index (χ1) is 8.56. The van der Waals surface area contributed by atoms with Gasteiger partial charge in [-0.2, -0.15) is 0 Å². The molecule has 2 atom stereocenters. The van der Waals surface area contributed by atoms with Crippen molar-refractivity contribution in [2.75, 3.05) is 13.2 Å². The summed E-state index contributed by atoms with van der Waals surface area (Å²) >= 11 is 3.32. The molecule has 0 aliphatic carbocycles. The Bertz CT molecular complexity index is 353. The van der Waals surface area contributed by atoms with Gasteiger partial charge in [0, 0.05) is 17.1 Å². The van der Waals surface area contributed by atoms with Crippen LogP contribution in [0.2, 0.25) is 0 Å². The topological polar surface area (TPSA) is 21.3 Å². The first kappa shape index (κ1) is 15.6. The molecule has 0 heterocycles. The third kappa shape index (κ3) is 5.04. The van der Waals surface area contributed by atoms with E-state index in [1.807, 2.05) is 19.9 Å². The summed E-state index contributed by atoms with van der Waals surface area (Å²) < 4.78 is 19.7. The SMILES string of the molecule is CCNC(Cc1cc(F)cc(Br)c1)C(C)OCC. The second-order valence-corrected chi connectivity index (χ2v) is 5.22. The largest absolute Gasteiger partial charge is 0.377 e.